The predicted molar refractivity (Wildman–Crippen MR) is 63.6 cm³/mol. The second kappa shape index (κ2) is 9.57. The average Bonchev–Trinajstić information content (AvgIpc) is 2.20. The van der Waals surface area contributed by atoms with Crippen molar-refractivity contribution in [3.05, 3.63) is 0 Å². The van der Waals surface area contributed by atoms with Crippen molar-refractivity contribution in [1.82, 2.24) is 9.80 Å². The highest BCUT2D eigenvalue weighted by atomic mass is 16.4. The number of hydrogen-bond acceptors (Lipinski definition) is 4. The SMILES string of the molecule is CN(C)CCCN(CCCO)CCC(=O)O. The van der Waals surface area contributed by atoms with E-state index in [1.165, 1.54) is 0 Å². The molecule has 0 aromatic heterocycles. The first-order chi connectivity index (χ1) is 7.56. The zero-order valence-electron chi connectivity index (χ0n) is 10.4. The molecule has 16 heavy (non-hydrogen) atoms. The van der Waals surface area contributed by atoms with Crippen molar-refractivity contribution in [2.45, 2.75) is 19.3 Å². The molecule has 0 aromatic carbocycles. The van der Waals surface area contributed by atoms with Crippen molar-refractivity contribution in [3.8, 4) is 0 Å². The quantitative estimate of drug-likeness (QED) is 0.559. The van der Waals surface area contributed by atoms with Crippen LogP contribution in [0.3, 0.4) is 0 Å². The fourth-order valence-corrected chi connectivity index (χ4v) is 1.49. The number of carboxylic acid groups (broad SMARTS) is 1. The van der Waals surface area contributed by atoms with Crippen LogP contribution in [0.5, 0.6) is 0 Å². The van der Waals surface area contributed by atoms with Gasteiger partial charge >= 0.3 is 5.97 Å². The van der Waals surface area contributed by atoms with Gasteiger partial charge in [-0.1, -0.05) is 0 Å². The Hall–Kier alpha value is -0.650. The molecule has 0 aliphatic rings. The number of aliphatic hydroxyl groups is 1. The predicted octanol–water partition coefficient (Wildman–Crippen LogP) is 0.0972. The normalized spacial score (nSPS) is 11.3. The molecular formula is C11H24N2O3. The zero-order valence-corrected chi connectivity index (χ0v) is 10.4. The van der Waals surface area contributed by atoms with E-state index in [4.69, 9.17) is 10.2 Å². The molecule has 0 spiro atoms. The van der Waals surface area contributed by atoms with Gasteiger partial charge in [0.15, 0.2) is 0 Å². The van der Waals surface area contributed by atoms with Crippen molar-refractivity contribution in [2.75, 3.05) is 46.9 Å². The molecule has 0 atom stereocenters. The van der Waals surface area contributed by atoms with Gasteiger partial charge in [0.2, 0.25) is 0 Å². The first-order valence-electron chi connectivity index (χ1n) is 5.76. The Balaban J connectivity index is 3.75. The lowest BCUT2D eigenvalue weighted by molar-refractivity contribution is -0.137. The van der Waals surface area contributed by atoms with Crippen LogP contribution >= 0.6 is 0 Å². The number of aliphatic carboxylic acids is 1. The number of aliphatic hydroxyl groups excluding tert-OH is 1. The molecule has 0 heterocycles. The van der Waals surface area contributed by atoms with Crippen LogP contribution in [0.2, 0.25) is 0 Å². The summed E-state index contributed by atoms with van der Waals surface area (Å²) >= 11 is 0. The highest BCUT2D eigenvalue weighted by Crippen LogP contribution is 1.97. The molecule has 2 N–H and O–H groups in total. The lowest BCUT2D eigenvalue weighted by Crippen LogP contribution is -2.31. The second-order valence-corrected chi connectivity index (χ2v) is 4.22. The van der Waals surface area contributed by atoms with Gasteiger partial charge in [0, 0.05) is 19.7 Å². The maximum atomic E-state index is 10.5. The molecule has 0 bridgehead atoms. The molecule has 0 unspecified atom stereocenters. The molecule has 96 valence electrons. The van der Waals surface area contributed by atoms with Crippen LogP contribution in [-0.4, -0.2) is 72.9 Å². The largest absolute Gasteiger partial charge is 0.481 e. The number of hydrogen-bond donors (Lipinski definition) is 2. The Bertz CT molecular complexity index is 186. The van der Waals surface area contributed by atoms with E-state index >= 15 is 0 Å². The monoisotopic (exact) mass is 232 g/mol. The highest BCUT2D eigenvalue weighted by Gasteiger charge is 2.07. The van der Waals surface area contributed by atoms with E-state index in [-0.39, 0.29) is 13.0 Å². The Morgan fingerprint density at radius 2 is 1.69 bits per heavy atom. The zero-order chi connectivity index (χ0) is 12.4. The van der Waals surface area contributed by atoms with E-state index in [0.717, 1.165) is 26.1 Å². The number of nitrogens with zero attached hydrogens (tertiary/aromatic N) is 2. The molecule has 0 radical (unpaired) electrons. The first-order valence-corrected chi connectivity index (χ1v) is 5.76. The molecule has 0 rings (SSSR count). The summed E-state index contributed by atoms with van der Waals surface area (Å²) in [6.07, 6.45) is 1.91. The summed E-state index contributed by atoms with van der Waals surface area (Å²) in [5.41, 5.74) is 0. The van der Waals surface area contributed by atoms with Crippen molar-refractivity contribution in [1.29, 1.82) is 0 Å². The third-order valence-corrected chi connectivity index (χ3v) is 2.35. The van der Waals surface area contributed by atoms with E-state index in [1.807, 2.05) is 14.1 Å². The van der Waals surface area contributed by atoms with Gasteiger partial charge in [0.25, 0.3) is 0 Å². The summed E-state index contributed by atoms with van der Waals surface area (Å²) < 4.78 is 0. The van der Waals surface area contributed by atoms with E-state index in [0.29, 0.717) is 13.0 Å². The van der Waals surface area contributed by atoms with Crippen LogP contribution in [0.1, 0.15) is 19.3 Å². The van der Waals surface area contributed by atoms with Gasteiger partial charge < -0.3 is 20.0 Å². The van der Waals surface area contributed by atoms with Gasteiger partial charge in [0.1, 0.15) is 0 Å². The summed E-state index contributed by atoms with van der Waals surface area (Å²) in [4.78, 5) is 14.7. The van der Waals surface area contributed by atoms with Crippen LogP contribution < -0.4 is 0 Å². The van der Waals surface area contributed by atoms with Crippen LogP contribution in [0.4, 0.5) is 0 Å². The Morgan fingerprint density at radius 3 is 2.19 bits per heavy atom. The lowest BCUT2D eigenvalue weighted by atomic mass is 10.3. The van der Waals surface area contributed by atoms with Gasteiger partial charge in [-0.3, -0.25) is 4.79 Å². The van der Waals surface area contributed by atoms with Gasteiger partial charge in [0.05, 0.1) is 6.42 Å². The third-order valence-electron chi connectivity index (χ3n) is 2.35. The molecule has 0 aliphatic carbocycles. The third kappa shape index (κ3) is 9.89. The molecule has 5 nitrogen and oxygen atoms in total. The Labute approximate surface area is 97.7 Å². The Morgan fingerprint density at radius 1 is 1.06 bits per heavy atom. The second-order valence-electron chi connectivity index (χ2n) is 4.22. The van der Waals surface area contributed by atoms with Crippen LogP contribution in [0.25, 0.3) is 0 Å². The van der Waals surface area contributed by atoms with Crippen molar-refractivity contribution in [2.24, 2.45) is 0 Å². The van der Waals surface area contributed by atoms with E-state index < -0.39 is 5.97 Å². The number of rotatable bonds is 10. The summed E-state index contributed by atoms with van der Waals surface area (Å²) in [7, 11) is 4.05. The summed E-state index contributed by atoms with van der Waals surface area (Å²) in [6.45, 7) is 3.41. The van der Waals surface area contributed by atoms with E-state index in [1.54, 1.807) is 0 Å². The van der Waals surface area contributed by atoms with Crippen LogP contribution in [0.15, 0.2) is 0 Å². The fraction of sp³-hybridized carbons (Fsp3) is 0.909. The van der Waals surface area contributed by atoms with E-state index in [9.17, 15) is 4.79 Å². The van der Waals surface area contributed by atoms with Crippen molar-refractivity contribution >= 4 is 5.97 Å². The number of carbonyl (C=O) groups is 1. The maximum absolute atomic E-state index is 10.5. The minimum absolute atomic E-state index is 0.164. The molecule has 0 amide bonds. The van der Waals surface area contributed by atoms with Gasteiger partial charge in [-0.05, 0) is 40.0 Å². The minimum Gasteiger partial charge on any atom is -0.481 e. The molecule has 0 saturated heterocycles. The van der Waals surface area contributed by atoms with Crippen LogP contribution in [-0.2, 0) is 4.79 Å². The Kier molecular flexibility index (Phi) is 9.18. The van der Waals surface area contributed by atoms with Crippen molar-refractivity contribution in [3.63, 3.8) is 0 Å². The van der Waals surface area contributed by atoms with Gasteiger partial charge in [-0.15, -0.1) is 0 Å². The molecular weight excluding hydrogens is 208 g/mol. The van der Waals surface area contributed by atoms with Crippen molar-refractivity contribution < 1.29 is 15.0 Å². The molecule has 0 aromatic rings. The summed E-state index contributed by atoms with van der Waals surface area (Å²) in [6, 6.07) is 0. The minimum atomic E-state index is -0.762. The number of carboxylic acids is 1. The molecule has 5 heteroatoms. The van der Waals surface area contributed by atoms with Gasteiger partial charge in [-0.25, -0.2) is 0 Å². The molecule has 0 fully saturated rings. The highest BCUT2D eigenvalue weighted by molar-refractivity contribution is 5.66. The average molecular weight is 232 g/mol. The maximum Gasteiger partial charge on any atom is 0.304 e. The summed E-state index contributed by atoms with van der Waals surface area (Å²) in [5.74, 6) is -0.762. The standard InChI is InChI=1S/C11H24N2O3/c1-12(2)6-3-7-13(8-4-10-14)9-5-11(15)16/h14H,3-10H2,1-2H3,(H,15,16). The lowest BCUT2D eigenvalue weighted by Gasteiger charge is -2.22. The molecule has 0 saturated carbocycles. The van der Waals surface area contributed by atoms with Crippen LogP contribution in [0, 0.1) is 0 Å². The fourth-order valence-electron chi connectivity index (χ4n) is 1.49. The smallest absolute Gasteiger partial charge is 0.304 e. The topological polar surface area (TPSA) is 64.0 Å². The first kappa shape index (κ1) is 15.3. The molecule has 0 aliphatic heterocycles. The summed E-state index contributed by atoms with van der Waals surface area (Å²) in [5, 5.41) is 17.4. The van der Waals surface area contributed by atoms with Gasteiger partial charge in [-0.2, -0.15) is 0 Å². The van der Waals surface area contributed by atoms with E-state index in [2.05, 4.69) is 9.80 Å².